The molecule has 21 heavy (non-hydrogen) atoms. The molecule has 0 radical (unpaired) electrons. The van der Waals surface area contributed by atoms with Crippen molar-refractivity contribution < 1.29 is 10.0 Å². The van der Waals surface area contributed by atoms with E-state index in [0.29, 0.717) is 17.6 Å². The van der Waals surface area contributed by atoms with Crippen molar-refractivity contribution in [2.24, 2.45) is 0 Å². The lowest BCUT2D eigenvalue weighted by Gasteiger charge is -2.41. The summed E-state index contributed by atoms with van der Waals surface area (Å²) in [4.78, 5) is 14.8. The highest BCUT2D eigenvalue weighted by atomic mass is 35.5. The zero-order valence-electron chi connectivity index (χ0n) is 12.3. The Morgan fingerprint density at radius 1 is 1.48 bits per heavy atom. The van der Waals surface area contributed by atoms with Crippen LogP contribution < -0.4 is 4.90 Å². The van der Waals surface area contributed by atoms with Gasteiger partial charge in [0.05, 0.1) is 22.2 Å². The molecule has 1 aliphatic rings. The summed E-state index contributed by atoms with van der Waals surface area (Å²) in [6, 6.07) is 3.28. The Morgan fingerprint density at radius 2 is 2.19 bits per heavy atom. The molecule has 1 aromatic carbocycles. The Morgan fingerprint density at radius 3 is 2.71 bits per heavy atom. The summed E-state index contributed by atoms with van der Waals surface area (Å²) < 4.78 is 0. The number of rotatable bonds is 4. The summed E-state index contributed by atoms with van der Waals surface area (Å²) in [5, 5.41) is 20.3. The first-order valence-corrected chi connectivity index (χ1v) is 7.36. The number of nitrogens with zero attached hydrogens (tertiary/aromatic N) is 3. The first-order valence-electron chi connectivity index (χ1n) is 6.98. The lowest BCUT2D eigenvalue weighted by atomic mass is 10.1. The van der Waals surface area contributed by atoms with Crippen molar-refractivity contribution in [1.82, 2.24) is 4.90 Å². The van der Waals surface area contributed by atoms with Crippen LogP contribution in [0.4, 0.5) is 11.4 Å². The molecule has 1 N–H and O–H groups in total. The number of halogens is 1. The standard InChI is InChI=1S/C14H20ClN3O3/c1-10-7-12(18(20)21)8-13(15)14(10)17-4-3-16(5-6-19)11(2)9-17/h7-8,11,19H,3-6,9H2,1-2H3. The van der Waals surface area contributed by atoms with Gasteiger partial charge in [-0.25, -0.2) is 0 Å². The predicted molar refractivity (Wildman–Crippen MR) is 83.2 cm³/mol. The number of piperazine rings is 1. The Bertz CT molecular complexity index is 515. The van der Waals surface area contributed by atoms with Crippen LogP contribution >= 0.6 is 11.6 Å². The molecule has 1 unspecified atom stereocenters. The molecule has 1 fully saturated rings. The van der Waals surface area contributed by atoms with Crippen LogP contribution in [0.1, 0.15) is 12.5 Å². The van der Waals surface area contributed by atoms with Crippen molar-refractivity contribution >= 4 is 23.0 Å². The number of nitro benzene ring substituents is 1. The highest BCUT2D eigenvalue weighted by molar-refractivity contribution is 6.33. The number of non-ortho nitro benzene ring substituents is 1. The average Bonchev–Trinajstić information content (AvgIpc) is 2.41. The first-order chi connectivity index (χ1) is 9.93. The molecule has 6 nitrogen and oxygen atoms in total. The molecular weight excluding hydrogens is 294 g/mol. The fraction of sp³-hybridized carbons (Fsp3) is 0.571. The molecule has 0 amide bonds. The van der Waals surface area contributed by atoms with Gasteiger partial charge in [0, 0.05) is 44.4 Å². The van der Waals surface area contributed by atoms with Gasteiger partial charge in [-0.2, -0.15) is 0 Å². The van der Waals surface area contributed by atoms with Gasteiger partial charge in [0.2, 0.25) is 0 Å². The SMILES string of the molecule is Cc1cc([N+](=O)[O-])cc(Cl)c1N1CCN(CCO)C(C)C1. The van der Waals surface area contributed by atoms with E-state index in [1.54, 1.807) is 6.07 Å². The maximum absolute atomic E-state index is 10.9. The van der Waals surface area contributed by atoms with Crippen LogP contribution in [0.15, 0.2) is 12.1 Å². The van der Waals surface area contributed by atoms with E-state index in [1.165, 1.54) is 6.07 Å². The maximum Gasteiger partial charge on any atom is 0.271 e. The second-order valence-electron chi connectivity index (χ2n) is 5.40. The lowest BCUT2D eigenvalue weighted by molar-refractivity contribution is -0.384. The average molecular weight is 314 g/mol. The van der Waals surface area contributed by atoms with E-state index in [-0.39, 0.29) is 12.3 Å². The number of hydrogen-bond donors (Lipinski definition) is 1. The van der Waals surface area contributed by atoms with E-state index in [1.807, 2.05) is 6.92 Å². The van der Waals surface area contributed by atoms with Gasteiger partial charge < -0.3 is 10.0 Å². The third-order valence-corrected chi connectivity index (χ3v) is 4.21. The third-order valence-electron chi connectivity index (χ3n) is 3.92. The van der Waals surface area contributed by atoms with Crippen LogP contribution in [-0.4, -0.2) is 53.8 Å². The van der Waals surface area contributed by atoms with Gasteiger partial charge in [0.15, 0.2) is 0 Å². The number of β-amino-alcohol motifs (C(OH)–C–C–N with tert-alkyl or cyclic N) is 1. The van der Waals surface area contributed by atoms with Crippen molar-refractivity contribution in [2.45, 2.75) is 19.9 Å². The minimum Gasteiger partial charge on any atom is -0.395 e. The molecule has 0 saturated carbocycles. The molecule has 1 aromatic rings. The molecule has 0 spiro atoms. The number of hydrogen-bond acceptors (Lipinski definition) is 5. The van der Waals surface area contributed by atoms with Crippen molar-refractivity contribution in [3.05, 3.63) is 32.8 Å². The van der Waals surface area contributed by atoms with Crippen molar-refractivity contribution in [1.29, 1.82) is 0 Å². The van der Waals surface area contributed by atoms with Crippen molar-refractivity contribution in [2.75, 3.05) is 37.7 Å². The monoisotopic (exact) mass is 313 g/mol. The maximum atomic E-state index is 10.9. The Balaban J connectivity index is 2.22. The fourth-order valence-corrected chi connectivity index (χ4v) is 3.26. The molecule has 0 aliphatic carbocycles. The summed E-state index contributed by atoms with van der Waals surface area (Å²) >= 11 is 6.26. The Kier molecular flexibility index (Phi) is 5.03. The lowest BCUT2D eigenvalue weighted by Crippen LogP contribution is -2.52. The van der Waals surface area contributed by atoms with Gasteiger partial charge >= 0.3 is 0 Å². The molecule has 116 valence electrons. The number of aliphatic hydroxyl groups is 1. The van der Waals surface area contributed by atoms with Crippen LogP contribution in [0, 0.1) is 17.0 Å². The molecule has 7 heteroatoms. The summed E-state index contributed by atoms with van der Waals surface area (Å²) in [6.07, 6.45) is 0. The number of aryl methyl sites for hydroxylation is 1. The molecule has 1 saturated heterocycles. The highest BCUT2D eigenvalue weighted by Gasteiger charge is 2.26. The molecule has 1 atom stereocenters. The zero-order chi connectivity index (χ0) is 15.6. The van der Waals surface area contributed by atoms with E-state index in [9.17, 15) is 10.1 Å². The zero-order valence-corrected chi connectivity index (χ0v) is 13.0. The molecule has 1 aliphatic heterocycles. The number of aliphatic hydroxyl groups excluding tert-OH is 1. The van der Waals surface area contributed by atoms with Gasteiger partial charge in [-0.05, 0) is 19.4 Å². The minimum atomic E-state index is -0.426. The Labute approximate surface area is 129 Å². The molecular formula is C14H20ClN3O3. The number of anilines is 1. The largest absolute Gasteiger partial charge is 0.395 e. The fourth-order valence-electron chi connectivity index (χ4n) is 2.88. The quantitative estimate of drug-likeness (QED) is 0.680. The second-order valence-corrected chi connectivity index (χ2v) is 5.81. The smallest absolute Gasteiger partial charge is 0.271 e. The first kappa shape index (κ1) is 16.0. The van der Waals surface area contributed by atoms with Crippen LogP contribution in [0.3, 0.4) is 0 Å². The molecule has 1 heterocycles. The highest BCUT2D eigenvalue weighted by Crippen LogP contribution is 2.34. The normalized spacial score (nSPS) is 19.8. The van der Waals surface area contributed by atoms with Crippen LogP contribution in [-0.2, 0) is 0 Å². The van der Waals surface area contributed by atoms with E-state index >= 15 is 0 Å². The van der Waals surface area contributed by atoms with E-state index in [2.05, 4.69) is 16.7 Å². The molecule has 0 aromatic heterocycles. The minimum absolute atomic E-state index is 0.0215. The van der Waals surface area contributed by atoms with Crippen LogP contribution in [0.2, 0.25) is 5.02 Å². The van der Waals surface area contributed by atoms with Gasteiger partial charge in [-0.3, -0.25) is 15.0 Å². The van der Waals surface area contributed by atoms with Crippen molar-refractivity contribution in [3.63, 3.8) is 0 Å². The van der Waals surface area contributed by atoms with Gasteiger partial charge in [-0.1, -0.05) is 11.6 Å². The topological polar surface area (TPSA) is 69.9 Å². The van der Waals surface area contributed by atoms with E-state index in [0.717, 1.165) is 30.9 Å². The molecule has 2 rings (SSSR count). The van der Waals surface area contributed by atoms with Gasteiger partial charge in [0.1, 0.15) is 0 Å². The number of nitro groups is 1. The second kappa shape index (κ2) is 6.60. The predicted octanol–water partition coefficient (Wildman–Crippen LogP) is 2.06. The summed E-state index contributed by atoms with van der Waals surface area (Å²) in [5.41, 5.74) is 1.71. The van der Waals surface area contributed by atoms with Crippen molar-refractivity contribution in [3.8, 4) is 0 Å². The summed E-state index contributed by atoms with van der Waals surface area (Å²) in [6.45, 7) is 7.20. The van der Waals surface area contributed by atoms with Crippen LogP contribution in [0.5, 0.6) is 0 Å². The third kappa shape index (κ3) is 3.45. The van der Waals surface area contributed by atoms with Gasteiger partial charge in [-0.15, -0.1) is 0 Å². The van der Waals surface area contributed by atoms with E-state index in [4.69, 9.17) is 16.7 Å². The van der Waals surface area contributed by atoms with Crippen LogP contribution in [0.25, 0.3) is 0 Å². The summed E-state index contributed by atoms with van der Waals surface area (Å²) in [7, 11) is 0. The van der Waals surface area contributed by atoms with Gasteiger partial charge in [0.25, 0.3) is 5.69 Å². The van der Waals surface area contributed by atoms with E-state index < -0.39 is 4.92 Å². The Hall–Kier alpha value is -1.37. The summed E-state index contributed by atoms with van der Waals surface area (Å²) in [5.74, 6) is 0. The number of benzene rings is 1. The molecule has 0 bridgehead atoms.